The third-order valence-corrected chi connectivity index (χ3v) is 4.36. The summed E-state index contributed by atoms with van der Waals surface area (Å²) in [6, 6.07) is 0.824. The molecule has 0 aromatic carbocycles. The molecule has 1 atom stereocenters. The number of nitrogens with zero attached hydrogens (tertiary/aromatic N) is 1. The van der Waals surface area contributed by atoms with Crippen molar-refractivity contribution >= 4 is 0 Å². The first-order valence-electron chi connectivity index (χ1n) is 8.83. The molecule has 0 aliphatic carbocycles. The zero-order valence-corrected chi connectivity index (χ0v) is 13.4. The molecule has 1 rings (SSSR count). The first-order valence-corrected chi connectivity index (χ1v) is 8.83. The van der Waals surface area contributed by atoms with Crippen molar-refractivity contribution in [2.24, 2.45) is 0 Å². The van der Waals surface area contributed by atoms with Gasteiger partial charge in [-0.2, -0.15) is 0 Å². The highest BCUT2D eigenvalue weighted by molar-refractivity contribution is 4.80. The summed E-state index contributed by atoms with van der Waals surface area (Å²) in [5.74, 6) is 0. The summed E-state index contributed by atoms with van der Waals surface area (Å²) in [7, 11) is 0. The van der Waals surface area contributed by atoms with Crippen LogP contribution in [0, 0.1) is 0 Å². The Bertz CT molecular complexity index is 188. The monoisotopic (exact) mass is 268 g/mol. The van der Waals surface area contributed by atoms with E-state index in [1.165, 1.54) is 90.4 Å². The van der Waals surface area contributed by atoms with E-state index in [4.69, 9.17) is 0 Å². The molecule has 1 saturated heterocycles. The minimum atomic E-state index is 0.824. The predicted octanol–water partition coefficient (Wildman–Crippen LogP) is 4.20. The van der Waals surface area contributed by atoms with Crippen molar-refractivity contribution < 1.29 is 0 Å². The SMILES string of the molecule is CCCCCCCCCCN(CCC)C1CCNC1. The van der Waals surface area contributed by atoms with Crippen LogP contribution in [0.25, 0.3) is 0 Å². The molecular weight excluding hydrogens is 232 g/mol. The van der Waals surface area contributed by atoms with Gasteiger partial charge < -0.3 is 5.32 Å². The first-order chi connectivity index (χ1) is 9.38. The average molecular weight is 268 g/mol. The molecule has 0 aromatic rings. The fraction of sp³-hybridized carbons (Fsp3) is 1.00. The van der Waals surface area contributed by atoms with E-state index < -0.39 is 0 Å². The second-order valence-corrected chi connectivity index (χ2v) is 6.16. The van der Waals surface area contributed by atoms with E-state index in [-0.39, 0.29) is 0 Å². The van der Waals surface area contributed by atoms with E-state index >= 15 is 0 Å². The Morgan fingerprint density at radius 3 is 2.11 bits per heavy atom. The fourth-order valence-electron chi connectivity index (χ4n) is 3.16. The lowest BCUT2D eigenvalue weighted by Gasteiger charge is -2.27. The molecule has 0 radical (unpaired) electrons. The van der Waals surface area contributed by atoms with Crippen molar-refractivity contribution in [3.63, 3.8) is 0 Å². The van der Waals surface area contributed by atoms with E-state index in [2.05, 4.69) is 24.1 Å². The fourth-order valence-corrected chi connectivity index (χ4v) is 3.16. The van der Waals surface area contributed by atoms with Gasteiger partial charge in [-0.25, -0.2) is 0 Å². The van der Waals surface area contributed by atoms with Gasteiger partial charge in [0.15, 0.2) is 0 Å². The molecule has 1 N–H and O–H groups in total. The van der Waals surface area contributed by atoms with Gasteiger partial charge >= 0.3 is 0 Å². The first kappa shape index (κ1) is 17.0. The van der Waals surface area contributed by atoms with Crippen molar-refractivity contribution in [1.29, 1.82) is 0 Å². The van der Waals surface area contributed by atoms with E-state index in [0.29, 0.717) is 0 Å². The Morgan fingerprint density at radius 1 is 0.842 bits per heavy atom. The van der Waals surface area contributed by atoms with Crippen LogP contribution in [-0.4, -0.2) is 37.1 Å². The summed E-state index contributed by atoms with van der Waals surface area (Å²) in [5.41, 5.74) is 0. The number of rotatable bonds is 12. The van der Waals surface area contributed by atoms with Gasteiger partial charge in [0.1, 0.15) is 0 Å². The Morgan fingerprint density at radius 2 is 1.53 bits per heavy atom. The molecule has 1 unspecified atom stereocenters. The lowest BCUT2D eigenvalue weighted by atomic mass is 10.1. The van der Waals surface area contributed by atoms with E-state index in [0.717, 1.165) is 6.04 Å². The van der Waals surface area contributed by atoms with E-state index in [9.17, 15) is 0 Å². The van der Waals surface area contributed by atoms with Crippen LogP contribution in [0.4, 0.5) is 0 Å². The standard InChI is InChI=1S/C17H36N2/c1-3-5-6-7-8-9-10-11-15-19(14-4-2)17-12-13-18-16-17/h17-18H,3-16H2,1-2H3. The van der Waals surface area contributed by atoms with Crippen LogP contribution in [0.5, 0.6) is 0 Å². The normalized spacial score (nSPS) is 19.4. The maximum atomic E-state index is 3.50. The molecule has 1 aliphatic heterocycles. The van der Waals surface area contributed by atoms with Crippen molar-refractivity contribution in [2.75, 3.05) is 26.2 Å². The summed E-state index contributed by atoms with van der Waals surface area (Å²) >= 11 is 0. The van der Waals surface area contributed by atoms with Crippen LogP contribution in [-0.2, 0) is 0 Å². The zero-order chi connectivity index (χ0) is 13.8. The molecule has 0 saturated carbocycles. The van der Waals surface area contributed by atoms with Crippen molar-refractivity contribution in [2.45, 2.75) is 84.1 Å². The zero-order valence-electron chi connectivity index (χ0n) is 13.4. The highest BCUT2D eigenvalue weighted by atomic mass is 15.2. The molecule has 0 aromatic heterocycles. The minimum absolute atomic E-state index is 0.824. The van der Waals surface area contributed by atoms with Crippen LogP contribution in [0.15, 0.2) is 0 Å². The van der Waals surface area contributed by atoms with E-state index in [1.807, 2.05) is 0 Å². The summed E-state index contributed by atoms with van der Waals surface area (Å²) in [6.45, 7) is 9.67. The number of unbranched alkanes of at least 4 members (excludes halogenated alkanes) is 7. The van der Waals surface area contributed by atoms with Crippen LogP contribution in [0.1, 0.15) is 78.1 Å². The quantitative estimate of drug-likeness (QED) is 0.534. The van der Waals surface area contributed by atoms with Gasteiger partial charge in [-0.15, -0.1) is 0 Å². The van der Waals surface area contributed by atoms with Crippen molar-refractivity contribution in [3.8, 4) is 0 Å². The maximum absolute atomic E-state index is 3.50. The lowest BCUT2D eigenvalue weighted by molar-refractivity contribution is 0.203. The summed E-state index contributed by atoms with van der Waals surface area (Å²) < 4.78 is 0. The Hall–Kier alpha value is -0.0800. The highest BCUT2D eigenvalue weighted by Crippen LogP contribution is 2.13. The number of hydrogen-bond donors (Lipinski definition) is 1. The van der Waals surface area contributed by atoms with Crippen molar-refractivity contribution in [1.82, 2.24) is 10.2 Å². The molecule has 1 fully saturated rings. The molecule has 2 nitrogen and oxygen atoms in total. The molecule has 0 spiro atoms. The van der Waals surface area contributed by atoms with Gasteiger partial charge in [0, 0.05) is 12.6 Å². The Labute approximate surface area is 121 Å². The largest absolute Gasteiger partial charge is 0.315 e. The summed E-state index contributed by atoms with van der Waals surface area (Å²) in [6.07, 6.45) is 14.1. The predicted molar refractivity (Wildman–Crippen MR) is 85.7 cm³/mol. The third-order valence-electron chi connectivity index (χ3n) is 4.36. The van der Waals surface area contributed by atoms with Gasteiger partial charge in [0.2, 0.25) is 0 Å². The summed E-state index contributed by atoms with van der Waals surface area (Å²) in [5, 5.41) is 3.50. The molecule has 0 bridgehead atoms. The molecule has 2 heteroatoms. The smallest absolute Gasteiger partial charge is 0.0232 e. The van der Waals surface area contributed by atoms with Gasteiger partial charge in [-0.05, 0) is 38.9 Å². The molecular formula is C17H36N2. The topological polar surface area (TPSA) is 15.3 Å². The molecule has 1 aliphatic rings. The van der Waals surface area contributed by atoms with Crippen molar-refractivity contribution in [3.05, 3.63) is 0 Å². The van der Waals surface area contributed by atoms with Crippen LogP contribution < -0.4 is 5.32 Å². The van der Waals surface area contributed by atoms with Crippen LogP contribution in [0.2, 0.25) is 0 Å². The molecule has 19 heavy (non-hydrogen) atoms. The number of nitrogens with one attached hydrogen (secondary N) is 1. The molecule has 114 valence electrons. The number of hydrogen-bond acceptors (Lipinski definition) is 2. The van der Waals surface area contributed by atoms with Gasteiger partial charge in [-0.3, -0.25) is 4.90 Å². The highest BCUT2D eigenvalue weighted by Gasteiger charge is 2.20. The second-order valence-electron chi connectivity index (χ2n) is 6.16. The summed E-state index contributed by atoms with van der Waals surface area (Å²) in [4.78, 5) is 2.73. The van der Waals surface area contributed by atoms with E-state index in [1.54, 1.807) is 0 Å². The third kappa shape index (κ3) is 7.94. The van der Waals surface area contributed by atoms with Gasteiger partial charge in [-0.1, -0.05) is 58.8 Å². The maximum Gasteiger partial charge on any atom is 0.0232 e. The average Bonchev–Trinajstić information content (AvgIpc) is 2.94. The molecule has 1 heterocycles. The Balaban J connectivity index is 1.98. The minimum Gasteiger partial charge on any atom is -0.315 e. The second kappa shape index (κ2) is 11.7. The van der Waals surface area contributed by atoms with Crippen LogP contribution in [0.3, 0.4) is 0 Å². The Kier molecular flexibility index (Phi) is 10.5. The molecule has 0 amide bonds. The van der Waals surface area contributed by atoms with Crippen LogP contribution >= 0.6 is 0 Å². The lowest BCUT2D eigenvalue weighted by Crippen LogP contribution is -2.38. The van der Waals surface area contributed by atoms with Gasteiger partial charge in [0.25, 0.3) is 0 Å². The van der Waals surface area contributed by atoms with Gasteiger partial charge in [0.05, 0.1) is 0 Å².